The largest absolute Gasteiger partial charge is 0.372 e. The molecule has 2 aliphatic carbocycles. The minimum Gasteiger partial charge on any atom is -0.372 e. The summed E-state index contributed by atoms with van der Waals surface area (Å²) in [5.74, 6) is 0.368. The lowest BCUT2D eigenvalue weighted by molar-refractivity contribution is -0.214. The molecular formula is C19H32O3. The van der Waals surface area contributed by atoms with E-state index in [1.807, 2.05) is 0 Å². The zero-order chi connectivity index (χ0) is 16.0. The van der Waals surface area contributed by atoms with Crippen molar-refractivity contribution in [1.29, 1.82) is 0 Å². The first-order valence-corrected chi connectivity index (χ1v) is 8.74. The Balaban J connectivity index is 1.65. The minimum absolute atomic E-state index is 0.226. The Morgan fingerprint density at radius 1 is 1.05 bits per heavy atom. The molecule has 2 rings (SSSR count). The molecule has 0 spiro atoms. The van der Waals surface area contributed by atoms with E-state index in [2.05, 4.69) is 26.0 Å². The van der Waals surface area contributed by atoms with Crippen LogP contribution >= 0.6 is 0 Å². The van der Waals surface area contributed by atoms with E-state index in [9.17, 15) is 5.11 Å². The second-order valence-corrected chi connectivity index (χ2v) is 7.44. The molecule has 0 saturated carbocycles. The Labute approximate surface area is 135 Å². The second kappa shape index (κ2) is 8.28. The number of allylic oxidation sites excluding steroid dienone is 2. The highest BCUT2D eigenvalue weighted by Crippen LogP contribution is 2.25. The van der Waals surface area contributed by atoms with Gasteiger partial charge in [-0.1, -0.05) is 26.0 Å². The van der Waals surface area contributed by atoms with Gasteiger partial charge in [0.25, 0.3) is 0 Å². The van der Waals surface area contributed by atoms with Crippen molar-refractivity contribution < 1.29 is 14.6 Å². The maximum atomic E-state index is 10.3. The molecule has 3 nitrogen and oxygen atoms in total. The van der Waals surface area contributed by atoms with E-state index in [0.717, 1.165) is 37.5 Å². The fourth-order valence-corrected chi connectivity index (χ4v) is 2.96. The van der Waals surface area contributed by atoms with Crippen LogP contribution in [0, 0.1) is 11.8 Å². The van der Waals surface area contributed by atoms with E-state index in [-0.39, 0.29) is 6.61 Å². The first-order chi connectivity index (χ1) is 10.4. The third-order valence-corrected chi connectivity index (χ3v) is 4.76. The molecule has 0 aromatic carbocycles. The van der Waals surface area contributed by atoms with Crippen LogP contribution in [-0.4, -0.2) is 30.7 Å². The van der Waals surface area contributed by atoms with Gasteiger partial charge in [-0.25, -0.2) is 0 Å². The van der Waals surface area contributed by atoms with E-state index >= 15 is 0 Å². The molecule has 0 aromatic rings. The predicted octanol–water partition coefficient (Wildman–Crippen LogP) is 4.22. The van der Waals surface area contributed by atoms with Crippen molar-refractivity contribution in [2.24, 2.45) is 11.8 Å². The van der Waals surface area contributed by atoms with Crippen molar-refractivity contribution in [3.63, 3.8) is 0 Å². The molecule has 3 heteroatoms. The smallest absolute Gasteiger partial charge is 0.186 e. The molecule has 0 aromatic heterocycles. The summed E-state index contributed by atoms with van der Waals surface area (Å²) in [6.07, 6.45) is 11.5. The molecule has 0 radical (unpaired) electrons. The molecule has 0 heterocycles. The topological polar surface area (TPSA) is 38.7 Å². The summed E-state index contributed by atoms with van der Waals surface area (Å²) >= 11 is 0. The summed E-state index contributed by atoms with van der Waals surface area (Å²) in [5, 5.41) is 10.3. The molecule has 0 fully saturated rings. The Bertz CT molecular complexity index is 409. The van der Waals surface area contributed by atoms with Gasteiger partial charge in [0.2, 0.25) is 0 Å². The van der Waals surface area contributed by atoms with E-state index in [1.165, 1.54) is 24.0 Å². The zero-order valence-corrected chi connectivity index (χ0v) is 14.4. The van der Waals surface area contributed by atoms with Gasteiger partial charge >= 0.3 is 0 Å². The van der Waals surface area contributed by atoms with Gasteiger partial charge in [-0.05, 0) is 68.4 Å². The summed E-state index contributed by atoms with van der Waals surface area (Å²) in [6.45, 7) is 7.61. The monoisotopic (exact) mass is 308 g/mol. The van der Waals surface area contributed by atoms with Crippen LogP contribution in [0.4, 0.5) is 0 Å². The third kappa shape index (κ3) is 6.23. The van der Waals surface area contributed by atoms with Gasteiger partial charge in [-0.15, -0.1) is 0 Å². The van der Waals surface area contributed by atoms with E-state index in [1.54, 1.807) is 6.92 Å². The number of hydrogen-bond donors (Lipinski definition) is 1. The summed E-state index contributed by atoms with van der Waals surface area (Å²) in [6, 6.07) is 0. The molecule has 0 amide bonds. The van der Waals surface area contributed by atoms with Gasteiger partial charge in [0.05, 0.1) is 13.2 Å². The number of ether oxygens (including phenoxy) is 2. The quantitative estimate of drug-likeness (QED) is 0.565. The summed E-state index contributed by atoms with van der Waals surface area (Å²) < 4.78 is 11.3. The Morgan fingerprint density at radius 3 is 2.09 bits per heavy atom. The first-order valence-electron chi connectivity index (χ1n) is 8.74. The molecule has 3 atom stereocenters. The minimum atomic E-state index is -1.20. The van der Waals surface area contributed by atoms with Crippen molar-refractivity contribution >= 4 is 0 Å². The highest BCUT2D eigenvalue weighted by Gasteiger charge is 2.23. The fourth-order valence-electron chi connectivity index (χ4n) is 2.96. The molecule has 0 aliphatic heterocycles. The van der Waals surface area contributed by atoms with Gasteiger partial charge in [-0.3, -0.25) is 0 Å². The Morgan fingerprint density at radius 2 is 1.59 bits per heavy atom. The van der Waals surface area contributed by atoms with Gasteiger partial charge < -0.3 is 14.6 Å². The van der Waals surface area contributed by atoms with E-state index < -0.39 is 5.79 Å². The van der Waals surface area contributed by atoms with Crippen molar-refractivity contribution in [3.05, 3.63) is 23.3 Å². The fraction of sp³-hybridized carbons (Fsp3) is 0.789. The highest BCUT2D eigenvalue weighted by atomic mass is 16.6. The van der Waals surface area contributed by atoms with Crippen molar-refractivity contribution in [1.82, 2.24) is 0 Å². The maximum absolute atomic E-state index is 10.3. The van der Waals surface area contributed by atoms with Gasteiger partial charge in [0.15, 0.2) is 5.79 Å². The molecule has 2 aliphatic rings. The van der Waals surface area contributed by atoms with Crippen molar-refractivity contribution in [3.8, 4) is 0 Å². The molecule has 126 valence electrons. The average Bonchev–Trinajstić information content (AvgIpc) is 2.49. The first kappa shape index (κ1) is 17.7. The van der Waals surface area contributed by atoms with Crippen LogP contribution in [-0.2, 0) is 9.47 Å². The SMILES string of the molecule is CC1CC=C(COCC(C)(O)OCC2=CCC(C)CC2)CC1. The lowest BCUT2D eigenvalue weighted by atomic mass is 9.91. The van der Waals surface area contributed by atoms with E-state index in [0.29, 0.717) is 13.2 Å². The zero-order valence-electron chi connectivity index (χ0n) is 14.4. The molecule has 3 unspecified atom stereocenters. The number of rotatable bonds is 7. The number of hydrogen-bond acceptors (Lipinski definition) is 3. The van der Waals surface area contributed by atoms with Gasteiger partial charge in [0, 0.05) is 0 Å². The van der Waals surface area contributed by atoms with E-state index in [4.69, 9.17) is 9.47 Å². The molecular weight excluding hydrogens is 276 g/mol. The average molecular weight is 308 g/mol. The van der Waals surface area contributed by atoms with Crippen LogP contribution in [0.3, 0.4) is 0 Å². The highest BCUT2D eigenvalue weighted by molar-refractivity contribution is 5.07. The van der Waals surface area contributed by atoms with Crippen molar-refractivity contribution in [2.45, 2.75) is 65.1 Å². The third-order valence-electron chi connectivity index (χ3n) is 4.76. The standard InChI is InChI=1S/C19H32O3/c1-15-4-8-17(9-5-15)12-21-14-19(3,20)22-13-18-10-6-16(2)7-11-18/h8,10,15-16,20H,4-7,9,11-14H2,1-3H3. The van der Waals surface area contributed by atoms with Crippen LogP contribution in [0.5, 0.6) is 0 Å². The lowest BCUT2D eigenvalue weighted by Gasteiger charge is -2.26. The molecule has 0 bridgehead atoms. The van der Waals surface area contributed by atoms with Crippen LogP contribution < -0.4 is 0 Å². The predicted molar refractivity (Wildman–Crippen MR) is 89.6 cm³/mol. The normalized spacial score (nSPS) is 28.7. The van der Waals surface area contributed by atoms with Crippen LogP contribution in [0.2, 0.25) is 0 Å². The summed E-state index contributed by atoms with van der Waals surface area (Å²) in [5.41, 5.74) is 2.67. The number of aliphatic hydroxyl groups is 1. The second-order valence-electron chi connectivity index (χ2n) is 7.44. The maximum Gasteiger partial charge on any atom is 0.186 e. The lowest BCUT2D eigenvalue weighted by Crippen LogP contribution is -2.35. The van der Waals surface area contributed by atoms with Crippen LogP contribution in [0.1, 0.15) is 59.3 Å². The molecule has 0 saturated heterocycles. The Hall–Kier alpha value is -0.640. The Kier molecular flexibility index (Phi) is 6.66. The molecule has 22 heavy (non-hydrogen) atoms. The van der Waals surface area contributed by atoms with Crippen LogP contribution in [0.15, 0.2) is 23.3 Å². The van der Waals surface area contributed by atoms with Gasteiger partial charge in [-0.2, -0.15) is 0 Å². The molecule has 1 N–H and O–H groups in total. The van der Waals surface area contributed by atoms with Crippen LogP contribution in [0.25, 0.3) is 0 Å². The van der Waals surface area contributed by atoms with Crippen molar-refractivity contribution in [2.75, 3.05) is 19.8 Å². The summed E-state index contributed by atoms with van der Waals surface area (Å²) in [4.78, 5) is 0. The summed E-state index contributed by atoms with van der Waals surface area (Å²) in [7, 11) is 0. The van der Waals surface area contributed by atoms with Gasteiger partial charge in [0.1, 0.15) is 6.61 Å².